The van der Waals surface area contributed by atoms with Crippen molar-refractivity contribution in [3.8, 4) is 0 Å². The molecule has 3 nitrogen and oxygen atoms in total. The van der Waals surface area contributed by atoms with Crippen LogP contribution in [0.3, 0.4) is 0 Å². The van der Waals surface area contributed by atoms with Gasteiger partial charge in [0.1, 0.15) is 6.54 Å². The number of thioether (sulfide) groups is 1. The van der Waals surface area contributed by atoms with Crippen LogP contribution in [-0.2, 0) is 13.1 Å². The molecule has 0 fully saturated rings. The molecule has 0 radical (unpaired) electrons. The number of hydrogen-bond acceptors (Lipinski definition) is 2. The van der Waals surface area contributed by atoms with Crippen molar-refractivity contribution in [3.05, 3.63) is 65.7 Å². The summed E-state index contributed by atoms with van der Waals surface area (Å²) in [4.78, 5) is 2.71. The maximum absolute atomic E-state index is 5.38. The van der Waals surface area contributed by atoms with E-state index in [1.807, 2.05) is 17.8 Å². The van der Waals surface area contributed by atoms with Gasteiger partial charge in [-0.1, -0.05) is 42.5 Å². The normalized spacial score (nSPS) is 10.6. The van der Waals surface area contributed by atoms with Gasteiger partial charge in [-0.25, -0.2) is 0 Å². The van der Waals surface area contributed by atoms with E-state index in [1.54, 1.807) is 0 Å². The number of quaternary nitrogens is 1. The molecule has 5 heteroatoms. The van der Waals surface area contributed by atoms with Crippen LogP contribution < -0.4 is 15.5 Å². The van der Waals surface area contributed by atoms with Crippen molar-refractivity contribution in [1.29, 1.82) is 0 Å². The third kappa shape index (κ3) is 6.91. The Labute approximate surface area is 154 Å². The number of hydrogen-bond donors (Lipinski definition) is 3. The molecular formula is C19H26N3S2+. The Morgan fingerprint density at radius 1 is 0.958 bits per heavy atom. The second kappa shape index (κ2) is 10.3. The highest BCUT2D eigenvalue weighted by Gasteiger charge is 2.05. The molecule has 0 atom stereocenters. The SMILES string of the molecule is C[NH+](C)Cc1ccccc1CNC(=S)NCCSc1ccccc1. The van der Waals surface area contributed by atoms with Gasteiger partial charge in [-0.3, -0.25) is 0 Å². The number of benzene rings is 2. The molecule has 2 rings (SSSR count). The summed E-state index contributed by atoms with van der Waals surface area (Å²) in [7, 11) is 4.33. The van der Waals surface area contributed by atoms with E-state index in [4.69, 9.17) is 12.2 Å². The van der Waals surface area contributed by atoms with Crippen molar-refractivity contribution >= 4 is 29.1 Å². The van der Waals surface area contributed by atoms with Crippen molar-refractivity contribution in [2.75, 3.05) is 26.4 Å². The maximum Gasteiger partial charge on any atom is 0.166 e. The first kappa shape index (κ1) is 18.8. The smallest absolute Gasteiger partial charge is 0.166 e. The quantitative estimate of drug-likeness (QED) is 0.382. The Bertz CT molecular complexity index is 630. The van der Waals surface area contributed by atoms with E-state index in [-0.39, 0.29) is 0 Å². The van der Waals surface area contributed by atoms with E-state index in [0.29, 0.717) is 0 Å². The first-order valence-electron chi connectivity index (χ1n) is 8.20. The van der Waals surface area contributed by atoms with Crippen LogP contribution in [0.4, 0.5) is 0 Å². The lowest BCUT2D eigenvalue weighted by atomic mass is 10.1. The van der Waals surface area contributed by atoms with Crippen molar-refractivity contribution < 1.29 is 4.90 Å². The minimum atomic E-state index is 0.718. The van der Waals surface area contributed by atoms with Crippen LogP contribution >= 0.6 is 24.0 Å². The highest BCUT2D eigenvalue weighted by molar-refractivity contribution is 7.99. The number of thiocarbonyl (C=S) groups is 1. The molecule has 0 saturated carbocycles. The molecule has 0 unspecified atom stereocenters. The van der Waals surface area contributed by atoms with E-state index >= 15 is 0 Å². The summed E-state index contributed by atoms with van der Waals surface area (Å²) in [5.41, 5.74) is 2.67. The minimum Gasteiger partial charge on any atom is -0.362 e. The van der Waals surface area contributed by atoms with Gasteiger partial charge in [0.05, 0.1) is 14.1 Å². The van der Waals surface area contributed by atoms with Gasteiger partial charge in [0.2, 0.25) is 0 Å². The van der Waals surface area contributed by atoms with Crippen LogP contribution in [0.5, 0.6) is 0 Å². The van der Waals surface area contributed by atoms with Crippen LogP contribution in [-0.4, -0.2) is 31.5 Å². The molecule has 0 aliphatic heterocycles. The molecule has 0 aliphatic carbocycles. The summed E-state index contributed by atoms with van der Waals surface area (Å²) in [6.45, 7) is 2.64. The highest BCUT2D eigenvalue weighted by atomic mass is 32.2. The van der Waals surface area contributed by atoms with Gasteiger partial charge in [0.25, 0.3) is 0 Å². The van der Waals surface area contributed by atoms with E-state index in [2.05, 4.69) is 73.3 Å². The van der Waals surface area contributed by atoms with Crippen molar-refractivity contribution in [3.63, 3.8) is 0 Å². The minimum absolute atomic E-state index is 0.718. The van der Waals surface area contributed by atoms with Crippen LogP contribution in [0.2, 0.25) is 0 Å². The highest BCUT2D eigenvalue weighted by Crippen LogP contribution is 2.15. The zero-order chi connectivity index (χ0) is 17.2. The van der Waals surface area contributed by atoms with Crippen LogP contribution in [0.1, 0.15) is 11.1 Å². The second-order valence-electron chi connectivity index (χ2n) is 5.92. The summed E-state index contributed by atoms with van der Waals surface area (Å²) >= 11 is 7.21. The zero-order valence-electron chi connectivity index (χ0n) is 14.3. The van der Waals surface area contributed by atoms with Crippen LogP contribution in [0.15, 0.2) is 59.5 Å². The lowest BCUT2D eigenvalue weighted by molar-refractivity contribution is -0.872. The van der Waals surface area contributed by atoms with Gasteiger partial charge < -0.3 is 15.5 Å². The fraction of sp³-hybridized carbons (Fsp3) is 0.316. The average Bonchev–Trinajstić information content (AvgIpc) is 2.58. The number of rotatable bonds is 8. The molecule has 0 aliphatic rings. The summed E-state index contributed by atoms with van der Waals surface area (Å²) in [5.74, 6) is 0.992. The van der Waals surface area contributed by atoms with Gasteiger partial charge in [0, 0.05) is 29.3 Å². The molecule has 0 bridgehead atoms. The summed E-state index contributed by atoms with van der Waals surface area (Å²) in [6.07, 6.45) is 0. The third-order valence-corrected chi connectivity index (χ3v) is 4.80. The second-order valence-corrected chi connectivity index (χ2v) is 7.50. The monoisotopic (exact) mass is 360 g/mol. The van der Waals surface area contributed by atoms with Gasteiger partial charge >= 0.3 is 0 Å². The summed E-state index contributed by atoms with van der Waals surface area (Å²) < 4.78 is 0. The Morgan fingerprint density at radius 2 is 1.62 bits per heavy atom. The fourth-order valence-corrected chi connectivity index (χ4v) is 3.34. The van der Waals surface area contributed by atoms with Crippen molar-refractivity contribution in [2.45, 2.75) is 18.0 Å². The predicted octanol–water partition coefficient (Wildman–Crippen LogP) is 2.09. The first-order valence-corrected chi connectivity index (χ1v) is 9.60. The molecule has 0 amide bonds. The molecule has 0 aromatic heterocycles. The standard InChI is InChI=1S/C19H25N3S2/c1-22(2)15-17-9-7-6-8-16(17)14-21-19(23)20-12-13-24-18-10-4-3-5-11-18/h3-11H,12-15H2,1-2H3,(H2,20,21,23)/p+1. The molecular weight excluding hydrogens is 334 g/mol. The Morgan fingerprint density at radius 3 is 2.33 bits per heavy atom. The average molecular weight is 361 g/mol. The van der Waals surface area contributed by atoms with E-state index in [9.17, 15) is 0 Å². The molecule has 2 aromatic carbocycles. The lowest BCUT2D eigenvalue weighted by Crippen LogP contribution is -3.04. The van der Waals surface area contributed by atoms with Crippen molar-refractivity contribution in [1.82, 2.24) is 10.6 Å². The first-order chi connectivity index (χ1) is 11.6. The predicted molar refractivity (Wildman–Crippen MR) is 108 cm³/mol. The fourth-order valence-electron chi connectivity index (χ4n) is 2.37. The molecule has 0 spiro atoms. The molecule has 128 valence electrons. The number of nitrogens with one attached hydrogen (secondary N) is 3. The lowest BCUT2D eigenvalue weighted by Gasteiger charge is -2.14. The van der Waals surface area contributed by atoms with E-state index < -0.39 is 0 Å². The molecule has 3 N–H and O–H groups in total. The molecule has 0 heterocycles. The third-order valence-electron chi connectivity index (χ3n) is 3.50. The molecule has 2 aromatic rings. The van der Waals surface area contributed by atoms with Crippen molar-refractivity contribution in [2.24, 2.45) is 0 Å². The molecule has 24 heavy (non-hydrogen) atoms. The van der Waals surface area contributed by atoms with Gasteiger partial charge in [-0.2, -0.15) is 0 Å². The summed E-state index contributed by atoms with van der Waals surface area (Å²) in [6, 6.07) is 19.0. The van der Waals surface area contributed by atoms with E-state index in [1.165, 1.54) is 20.9 Å². The largest absolute Gasteiger partial charge is 0.362 e. The maximum atomic E-state index is 5.38. The zero-order valence-corrected chi connectivity index (χ0v) is 16.0. The topological polar surface area (TPSA) is 28.5 Å². The Kier molecular flexibility index (Phi) is 8.08. The summed E-state index contributed by atoms with van der Waals surface area (Å²) in [5, 5.41) is 7.31. The van der Waals surface area contributed by atoms with Crippen LogP contribution in [0, 0.1) is 0 Å². The van der Waals surface area contributed by atoms with E-state index in [0.717, 1.165) is 30.5 Å². The Hall–Kier alpha value is -1.56. The molecule has 0 saturated heterocycles. The van der Waals surface area contributed by atoms with Gasteiger partial charge in [0.15, 0.2) is 5.11 Å². The Balaban J connectivity index is 1.70. The van der Waals surface area contributed by atoms with Gasteiger partial charge in [-0.15, -0.1) is 11.8 Å². The van der Waals surface area contributed by atoms with Gasteiger partial charge in [-0.05, 0) is 29.9 Å². The van der Waals surface area contributed by atoms with Crippen LogP contribution in [0.25, 0.3) is 0 Å².